The first-order chi connectivity index (χ1) is 16.6. The zero-order chi connectivity index (χ0) is 23.9. The van der Waals surface area contributed by atoms with Crippen molar-refractivity contribution in [2.45, 2.75) is 55.5 Å². The van der Waals surface area contributed by atoms with Crippen LogP contribution in [0.1, 0.15) is 39.0 Å². The van der Waals surface area contributed by atoms with Crippen molar-refractivity contribution < 1.29 is 14.3 Å². The average molecular weight is 479 g/mol. The van der Waals surface area contributed by atoms with Crippen molar-refractivity contribution in [3.63, 3.8) is 0 Å². The summed E-state index contributed by atoms with van der Waals surface area (Å²) in [6, 6.07) is 15.6. The quantitative estimate of drug-likeness (QED) is 0.426. The fourth-order valence-corrected chi connectivity index (χ4v) is 4.90. The van der Waals surface area contributed by atoms with Gasteiger partial charge in [-0.1, -0.05) is 31.5 Å². The molecule has 1 saturated carbocycles. The molecular weight excluding hydrogens is 448 g/mol. The van der Waals surface area contributed by atoms with Crippen molar-refractivity contribution in [2.75, 3.05) is 14.2 Å². The highest BCUT2D eigenvalue weighted by atomic mass is 32.2. The number of nitrogens with zero attached hydrogens (tertiary/aromatic N) is 3. The third kappa shape index (κ3) is 5.67. The molecule has 1 aliphatic rings. The van der Waals surface area contributed by atoms with E-state index in [0.29, 0.717) is 23.0 Å². The minimum absolute atomic E-state index is 0.0493. The summed E-state index contributed by atoms with van der Waals surface area (Å²) in [5.74, 6) is 1.58. The first-order valence-electron chi connectivity index (χ1n) is 11.6. The first kappa shape index (κ1) is 24.0. The predicted molar refractivity (Wildman–Crippen MR) is 134 cm³/mol. The molecule has 4 rings (SSSR count). The summed E-state index contributed by atoms with van der Waals surface area (Å²) < 4.78 is 10.6. The van der Waals surface area contributed by atoms with E-state index >= 15 is 0 Å². The van der Waals surface area contributed by atoms with Crippen LogP contribution in [0.15, 0.2) is 53.7 Å². The summed E-state index contributed by atoms with van der Waals surface area (Å²) in [7, 11) is 3.28. The summed E-state index contributed by atoms with van der Waals surface area (Å²) in [5.41, 5.74) is 3.15. The van der Waals surface area contributed by atoms with Gasteiger partial charge in [0.15, 0.2) is 0 Å². The van der Waals surface area contributed by atoms with E-state index in [0.717, 1.165) is 35.5 Å². The molecule has 178 valence electrons. The Balaban J connectivity index is 1.64. The van der Waals surface area contributed by atoms with Crippen LogP contribution in [0.3, 0.4) is 0 Å². The maximum atomic E-state index is 12.9. The minimum Gasteiger partial charge on any atom is -0.497 e. The van der Waals surface area contributed by atoms with E-state index in [1.54, 1.807) is 14.2 Å². The highest BCUT2D eigenvalue weighted by molar-refractivity contribution is 8.00. The number of aromatic nitrogens is 3. The molecule has 0 radical (unpaired) electrons. The second kappa shape index (κ2) is 11.3. The van der Waals surface area contributed by atoms with Crippen LogP contribution in [0.4, 0.5) is 0 Å². The van der Waals surface area contributed by atoms with Gasteiger partial charge in [-0.2, -0.15) is 0 Å². The van der Waals surface area contributed by atoms with Crippen LogP contribution >= 0.6 is 11.8 Å². The monoisotopic (exact) mass is 478 g/mol. The molecule has 8 heteroatoms. The Bertz CT molecular complexity index is 1100. The molecule has 0 spiro atoms. The Morgan fingerprint density at radius 2 is 1.50 bits per heavy atom. The van der Waals surface area contributed by atoms with Crippen LogP contribution in [0.2, 0.25) is 0 Å². The SMILES string of the molecule is CC[C@H](Sc1nnc(-c2ccc(OC)cc2)c(-c2ccc(OC)cc2)n1)C(=O)NC1CCCC1. The van der Waals surface area contributed by atoms with E-state index < -0.39 is 0 Å². The second-order valence-corrected chi connectivity index (χ2v) is 9.42. The van der Waals surface area contributed by atoms with Crippen LogP contribution in [0.25, 0.3) is 22.5 Å². The number of rotatable bonds is 9. The van der Waals surface area contributed by atoms with Crippen molar-refractivity contribution in [3.8, 4) is 34.0 Å². The van der Waals surface area contributed by atoms with Crippen LogP contribution in [-0.4, -0.2) is 46.6 Å². The Labute approximate surface area is 204 Å². The minimum atomic E-state index is -0.266. The van der Waals surface area contributed by atoms with Crippen molar-refractivity contribution in [2.24, 2.45) is 0 Å². The molecule has 1 atom stereocenters. The summed E-state index contributed by atoms with van der Waals surface area (Å²) in [6.45, 7) is 2.01. The molecule has 1 amide bonds. The highest BCUT2D eigenvalue weighted by Gasteiger charge is 2.25. The zero-order valence-electron chi connectivity index (χ0n) is 19.8. The van der Waals surface area contributed by atoms with Crippen molar-refractivity contribution in [1.29, 1.82) is 0 Å². The van der Waals surface area contributed by atoms with Gasteiger partial charge in [-0.25, -0.2) is 4.98 Å². The molecule has 3 aromatic rings. The largest absolute Gasteiger partial charge is 0.497 e. The number of carbonyl (C=O) groups excluding carboxylic acids is 1. The Morgan fingerprint density at radius 1 is 0.941 bits per heavy atom. The van der Waals surface area contributed by atoms with Crippen molar-refractivity contribution in [1.82, 2.24) is 20.5 Å². The number of ether oxygens (including phenoxy) is 2. The van der Waals surface area contributed by atoms with Gasteiger partial charge in [-0.05, 0) is 67.8 Å². The molecule has 1 fully saturated rings. The van der Waals surface area contributed by atoms with Gasteiger partial charge in [0.05, 0.1) is 19.5 Å². The standard InChI is InChI=1S/C26H30N4O3S/c1-4-22(25(31)27-19-7-5-6-8-19)34-26-28-23(17-9-13-20(32-2)14-10-17)24(29-30-26)18-11-15-21(33-3)16-12-18/h9-16,19,22H,4-8H2,1-3H3,(H,27,31)/t22-/m0/s1. The molecule has 2 aromatic carbocycles. The Morgan fingerprint density at radius 3 is 2.03 bits per heavy atom. The second-order valence-electron chi connectivity index (χ2n) is 8.25. The van der Waals surface area contributed by atoms with Gasteiger partial charge in [-0.3, -0.25) is 4.79 Å². The molecule has 0 unspecified atom stereocenters. The Hall–Kier alpha value is -3.13. The van der Waals surface area contributed by atoms with Gasteiger partial charge >= 0.3 is 0 Å². The first-order valence-corrected chi connectivity index (χ1v) is 12.5. The molecule has 0 bridgehead atoms. The number of amides is 1. The molecule has 0 saturated heterocycles. The lowest BCUT2D eigenvalue weighted by Crippen LogP contribution is -2.38. The summed E-state index contributed by atoms with van der Waals surface area (Å²) in [6.07, 6.45) is 5.16. The molecule has 0 aliphatic heterocycles. The number of thioether (sulfide) groups is 1. The van der Waals surface area contributed by atoms with Gasteiger partial charge in [0.2, 0.25) is 11.1 Å². The topological polar surface area (TPSA) is 86.2 Å². The van der Waals surface area contributed by atoms with E-state index in [2.05, 4.69) is 15.5 Å². The van der Waals surface area contributed by atoms with E-state index in [9.17, 15) is 4.79 Å². The van der Waals surface area contributed by atoms with E-state index in [1.165, 1.54) is 24.6 Å². The molecule has 1 aromatic heterocycles. The van der Waals surface area contributed by atoms with Gasteiger partial charge in [0.1, 0.15) is 22.9 Å². The molecule has 1 heterocycles. The maximum Gasteiger partial charge on any atom is 0.233 e. The van der Waals surface area contributed by atoms with Gasteiger partial charge < -0.3 is 14.8 Å². The molecule has 7 nitrogen and oxygen atoms in total. The molecule has 34 heavy (non-hydrogen) atoms. The number of benzene rings is 2. The number of hydrogen-bond donors (Lipinski definition) is 1. The molecule has 1 aliphatic carbocycles. The van der Waals surface area contributed by atoms with E-state index in [4.69, 9.17) is 14.5 Å². The number of methoxy groups -OCH3 is 2. The Kier molecular flexibility index (Phi) is 8.00. The molecule has 1 N–H and O–H groups in total. The lowest BCUT2D eigenvalue weighted by atomic mass is 10.0. The normalized spacial score (nSPS) is 14.6. The summed E-state index contributed by atoms with van der Waals surface area (Å²) in [5, 5.41) is 12.3. The van der Waals surface area contributed by atoms with E-state index in [-0.39, 0.29) is 17.2 Å². The van der Waals surface area contributed by atoms with Crippen LogP contribution in [-0.2, 0) is 4.79 Å². The van der Waals surface area contributed by atoms with Crippen LogP contribution in [0, 0.1) is 0 Å². The van der Waals surface area contributed by atoms with Crippen LogP contribution < -0.4 is 14.8 Å². The predicted octanol–water partition coefficient (Wildman–Crippen LogP) is 5.15. The fraction of sp³-hybridized carbons (Fsp3) is 0.385. The number of carbonyl (C=O) groups is 1. The zero-order valence-corrected chi connectivity index (χ0v) is 20.6. The van der Waals surface area contributed by atoms with Crippen LogP contribution in [0.5, 0.6) is 11.5 Å². The fourth-order valence-electron chi connectivity index (χ4n) is 4.07. The summed E-state index contributed by atoms with van der Waals surface area (Å²) in [4.78, 5) is 17.7. The molecular formula is C26H30N4O3S. The lowest BCUT2D eigenvalue weighted by Gasteiger charge is -2.18. The van der Waals surface area contributed by atoms with Gasteiger partial charge in [0, 0.05) is 17.2 Å². The third-order valence-corrected chi connectivity index (χ3v) is 7.22. The smallest absolute Gasteiger partial charge is 0.233 e. The highest BCUT2D eigenvalue weighted by Crippen LogP contribution is 2.33. The summed E-state index contributed by atoms with van der Waals surface area (Å²) >= 11 is 1.37. The maximum absolute atomic E-state index is 12.9. The van der Waals surface area contributed by atoms with E-state index in [1.807, 2.05) is 55.5 Å². The number of nitrogens with one attached hydrogen (secondary N) is 1. The average Bonchev–Trinajstić information content (AvgIpc) is 3.40. The third-order valence-electron chi connectivity index (χ3n) is 6.01. The van der Waals surface area contributed by atoms with Crippen molar-refractivity contribution >= 4 is 17.7 Å². The number of hydrogen-bond acceptors (Lipinski definition) is 7. The van der Waals surface area contributed by atoms with Gasteiger partial charge in [-0.15, -0.1) is 10.2 Å². The van der Waals surface area contributed by atoms with Crippen molar-refractivity contribution in [3.05, 3.63) is 48.5 Å². The lowest BCUT2D eigenvalue weighted by molar-refractivity contribution is -0.121. The van der Waals surface area contributed by atoms with Gasteiger partial charge in [0.25, 0.3) is 0 Å².